The van der Waals surface area contributed by atoms with E-state index in [1.165, 1.54) is 0 Å². The van der Waals surface area contributed by atoms with Gasteiger partial charge in [0, 0.05) is 0 Å². The van der Waals surface area contributed by atoms with Gasteiger partial charge in [0.15, 0.2) is 0 Å². The van der Waals surface area contributed by atoms with Crippen molar-refractivity contribution in [2.75, 3.05) is 0 Å². The standard InChI is InChI=1S/C5H.Co/c1-2-4-5-3-1;/h1H;/q-5;+3. The molecule has 0 N–H and O–H groups in total. The Kier molecular flexibility index (Phi) is 2.99. The van der Waals surface area contributed by atoms with Gasteiger partial charge in [0.2, 0.25) is 0 Å². The first-order chi connectivity index (χ1) is 2.50. The summed E-state index contributed by atoms with van der Waals surface area (Å²) < 4.78 is 0. The van der Waals surface area contributed by atoms with E-state index in [1.807, 2.05) is 0 Å². The topological polar surface area (TPSA) is 0 Å². The Hall–Kier alpha value is -0.144. The zero-order chi connectivity index (χ0) is 3.54. The van der Waals surface area contributed by atoms with Gasteiger partial charge in [-0.25, -0.2) is 0 Å². The first-order valence-electron chi connectivity index (χ1n) is 1.33. The SMILES string of the molecule is [Co+3].[c-]1[c-][c-][cH-][c-]1. The van der Waals surface area contributed by atoms with Gasteiger partial charge >= 0.3 is 16.8 Å². The maximum absolute atomic E-state index is 2.62. The third kappa shape index (κ3) is 1.33. The number of rotatable bonds is 0. The summed E-state index contributed by atoms with van der Waals surface area (Å²) in [6.45, 7) is 0. The largest absolute Gasteiger partial charge is 3.00 e. The smallest absolute Gasteiger partial charge is 0.999 e. The van der Waals surface area contributed by atoms with Crippen molar-refractivity contribution in [3.63, 3.8) is 0 Å². The Morgan fingerprint density at radius 2 is 1.50 bits per heavy atom. The van der Waals surface area contributed by atoms with Crippen LogP contribution in [0.4, 0.5) is 0 Å². The molecule has 0 fully saturated rings. The van der Waals surface area contributed by atoms with Gasteiger partial charge < -0.3 is 30.3 Å². The van der Waals surface area contributed by atoms with E-state index < -0.39 is 0 Å². The summed E-state index contributed by atoms with van der Waals surface area (Å²) in [5.41, 5.74) is 0. The summed E-state index contributed by atoms with van der Waals surface area (Å²) in [6, 6.07) is 12.0. The Morgan fingerprint density at radius 1 is 1.00 bits per heavy atom. The van der Waals surface area contributed by atoms with E-state index in [0.29, 0.717) is 0 Å². The predicted octanol–water partition coefficient (Wildman–Crippen LogP) is 0.604. The van der Waals surface area contributed by atoms with Crippen LogP contribution in [0.15, 0.2) is 6.07 Å². The van der Waals surface area contributed by atoms with Crippen LogP contribution < -0.4 is 0 Å². The van der Waals surface area contributed by atoms with E-state index >= 15 is 0 Å². The molecular weight excluding hydrogens is 119 g/mol. The predicted molar refractivity (Wildman–Crippen MR) is 17.4 cm³/mol. The van der Waals surface area contributed by atoms with Crippen molar-refractivity contribution in [1.29, 1.82) is 0 Å². The normalized spacial score (nSPS) is 6.67. The summed E-state index contributed by atoms with van der Waals surface area (Å²) in [4.78, 5) is 0. The van der Waals surface area contributed by atoms with E-state index in [1.54, 1.807) is 6.07 Å². The minimum Gasteiger partial charge on any atom is -0.999 e. The molecule has 32 valence electrons. The fraction of sp³-hybridized carbons (Fsp3) is 0. The second-order valence-corrected chi connectivity index (χ2v) is 0.683. The van der Waals surface area contributed by atoms with Crippen LogP contribution >= 0.6 is 0 Å². The molecule has 0 spiro atoms. The van der Waals surface area contributed by atoms with Crippen LogP contribution in [0.1, 0.15) is 0 Å². The van der Waals surface area contributed by atoms with Gasteiger partial charge in [0.25, 0.3) is 0 Å². The van der Waals surface area contributed by atoms with Crippen molar-refractivity contribution in [2.45, 2.75) is 0 Å². The molecule has 1 aromatic rings. The zero-order valence-corrected chi connectivity index (χ0v) is 3.95. The Morgan fingerprint density at radius 3 is 1.67 bits per heavy atom. The van der Waals surface area contributed by atoms with Gasteiger partial charge in [-0.2, -0.15) is 0 Å². The summed E-state index contributed by atoms with van der Waals surface area (Å²) in [6.07, 6.45) is 0. The van der Waals surface area contributed by atoms with Crippen LogP contribution in [0.25, 0.3) is 0 Å². The molecule has 0 nitrogen and oxygen atoms in total. The van der Waals surface area contributed by atoms with E-state index in [9.17, 15) is 0 Å². The molecule has 0 saturated carbocycles. The molecule has 0 heterocycles. The van der Waals surface area contributed by atoms with Crippen molar-refractivity contribution in [1.82, 2.24) is 0 Å². The average molecular weight is 120 g/mol. The van der Waals surface area contributed by atoms with Crippen molar-refractivity contribution in [2.24, 2.45) is 0 Å². The maximum Gasteiger partial charge on any atom is 3.00 e. The van der Waals surface area contributed by atoms with Crippen LogP contribution in [-0.4, -0.2) is 0 Å². The molecule has 0 aliphatic heterocycles. The van der Waals surface area contributed by atoms with Crippen molar-refractivity contribution >= 4 is 0 Å². The molecule has 0 amide bonds. The fourth-order valence-corrected chi connectivity index (χ4v) is 0.180. The van der Waals surface area contributed by atoms with Crippen molar-refractivity contribution < 1.29 is 16.8 Å². The molecule has 1 heteroatoms. The van der Waals surface area contributed by atoms with Crippen molar-refractivity contribution in [3.8, 4) is 0 Å². The second kappa shape index (κ2) is 3.06. The first-order valence-corrected chi connectivity index (χ1v) is 1.33. The zero-order valence-electron chi connectivity index (χ0n) is 2.91. The second-order valence-electron chi connectivity index (χ2n) is 0.683. The van der Waals surface area contributed by atoms with Gasteiger partial charge in [-0.15, -0.1) is 0 Å². The molecule has 0 aliphatic carbocycles. The average Bonchev–Trinajstić information content (AvgIpc) is 1.76. The summed E-state index contributed by atoms with van der Waals surface area (Å²) in [7, 11) is 0. The van der Waals surface area contributed by atoms with Gasteiger partial charge in [-0.3, -0.25) is 0 Å². The third-order valence-electron chi connectivity index (χ3n) is 0.351. The number of hydrogen-bond donors (Lipinski definition) is 0. The molecule has 0 aromatic heterocycles. The van der Waals surface area contributed by atoms with E-state index in [0.717, 1.165) is 0 Å². The molecule has 1 aromatic carbocycles. The van der Waals surface area contributed by atoms with Crippen molar-refractivity contribution in [3.05, 3.63) is 30.3 Å². The van der Waals surface area contributed by atoms with Gasteiger partial charge in [0.05, 0.1) is 0 Å². The molecule has 6 heavy (non-hydrogen) atoms. The Bertz CT molecular complexity index is 60.4. The Balaban J connectivity index is 0.000000250. The van der Waals surface area contributed by atoms with Crippen LogP contribution in [0.5, 0.6) is 0 Å². The molecule has 0 radical (unpaired) electrons. The van der Waals surface area contributed by atoms with Gasteiger partial charge in [-0.1, -0.05) is 0 Å². The summed E-state index contributed by atoms with van der Waals surface area (Å²) in [5, 5.41) is 0. The minimum atomic E-state index is 0. The summed E-state index contributed by atoms with van der Waals surface area (Å²) in [5.74, 6) is 0. The monoisotopic (exact) mass is 120 g/mol. The summed E-state index contributed by atoms with van der Waals surface area (Å²) >= 11 is 0. The van der Waals surface area contributed by atoms with Gasteiger partial charge in [-0.05, 0) is 0 Å². The quantitative estimate of drug-likeness (QED) is 0.440. The van der Waals surface area contributed by atoms with Crippen LogP contribution in [-0.2, 0) is 16.8 Å². The maximum atomic E-state index is 2.62. The Labute approximate surface area is 47.7 Å². The van der Waals surface area contributed by atoms with E-state index in [2.05, 4.69) is 24.3 Å². The fourth-order valence-electron chi connectivity index (χ4n) is 0.180. The molecule has 0 aliphatic rings. The third-order valence-corrected chi connectivity index (χ3v) is 0.351. The van der Waals surface area contributed by atoms with Crippen LogP contribution in [0.3, 0.4) is 0 Å². The molecule has 0 bridgehead atoms. The molecule has 0 saturated heterocycles. The molecule has 0 unspecified atom stereocenters. The minimum absolute atomic E-state index is 0. The van der Waals surface area contributed by atoms with Crippen LogP contribution in [0, 0.1) is 24.3 Å². The van der Waals surface area contributed by atoms with Crippen LogP contribution in [0.2, 0.25) is 0 Å². The molecule has 0 atom stereocenters. The van der Waals surface area contributed by atoms with E-state index in [4.69, 9.17) is 0 Å². The van der Waals surface area contributed by atoms with E-state index in [-0.39, 0.29) is 16.8 Å². The molecular formula is C5HCo-2. The van der Waals surface area contributed by atoms with Gasteiger partial charge in [0.1, 0.15) is 0 Å². The number of hydrogen-bond acceptors (Lipinski definition) is 0. The first kappa shape index (κ1) is 5.86. The molecule has 1 rings (SSSR count).